The Morgan fingerprint density at radius 3 is 2.81 bits per heavy atom. The minimum Gasteiger partial charge on any atom is -0.344 e. The van der Waals surface area contributed by atoms with Crippen molar-refractivity contribution < 1.29 is 4.79 Å². The van der Waals surface area contributed by atoms with E-state index in [4.69, 9.17) is 0 Å². The van der Waals surface area contributed by atoms with E-state index in [1.54, 1.807) is 0 Å². The number of nitrogens with zero attached hydrogens (tertiary/aromatic N) is 1. The van der Waals surface area contributed by atoms with Crippen molar-refractivity contribution in [3.8, 4) is 0 Å². The summed E-state index contributed by atoms with van der Waals surface area (Å²) in [5.74, 6) is 0. The van der Waals surface area contributed by atoms with E-state index in [2.05, 4.69) is 10.8 Å². The van der Waals surface area contributed by atoms with Gasteiger partial charge in [0.15, 0.2) is 6.29 Å². The standard InChI is InChI=1S/C13H19NOS/c1-16-13(7-3-2-4-8-13)11-14-9-5-6-12(14)10-15/h5-6,9-10H,2-4,7-8,11H2,1H3. The summed E-state index contributed by atoms with van der Waals surface area (Å²) in [5, 5.41) is 0. The molecule has 0 N–H and O–H groups in total. The molecule has 88 valence electrons. The Morgan fingerprint density at radius 1 is 1.44 bits per heavy atom. The lowest BCUT2D eigenvalue weighted by molar-refractivity contribution is 0.111. The Bertz CT molecular complexity index is 353. The summed E-state index contributed by atoms with van der Waals surface area (Å²) in [4.78, 5) is 10.9. The van der Waals surface area contributed by atoms with E-state index in [9.17, 15) is 4.79 Å². The lowest BCUT2D eigenvalue weighted by Gasteiger charge is -2.36. The zero-order chi connectivity index (χ0) is 11.4. The Labute approximate surface area is 101 Å². The second kappa shape index (κ2) is 5.09. The van der Waals surface area contributed by atoms with Crippen LogP contribution in [0.3, 0.4) is 0 Å². The van der Waals surface area contributed by atoms with Gasteiger partial charge in [0.1, 0.15) is 0 Å². The maximum Gasteiger partial charge on any atom is 0.166 e. The third kappa shape index (κ3) is 2.34. The van der Waals surface area contributed by atoms with E-state index in [1.165, 1.54) is 32.1 Å². The normalized spacial score (nSPS) is 19.6. The molecule has 0 aliphatic heterocycles. The van der Waals surface area contributed by atoms with Crippen LogP contribution in [0.25, 0.3) is 0 Å². The summed E-state index contributed by atoms with van der Waals surface area (Å²) < 4.78 is 2.46. The first kappa shape index (κ1) is 11.8. The van der Waals surface area contributed by atoms with Crippen molar-refractivity contribution in [2.24, 2.45) is 0 Å². The number of hydrogen-bond donors (Lipinski definition) is 0. The first-order chi connectivity index (χ1) is 7.79. The first-order valence-corrected chi connectivity index (χ1v) is 7.18. The molecule has 0 unspecified atom stereocenters. The molecule has 0 atom stereocenters. The van der Waals surface area contributed by atoms with Crippen LogP contribution < -0.4 is 0 Å². The topological polar surface area (TPSA) is 22.0 Å². The number of aromatic nitrogens is 1. The Morgan fingerprint density at radius 2 is 2.19 bits per heavy atom. The highest BCUT2D eigenvalue weighted by Gasteiger charge is 2.31. The fraction of sp³-hybridized carbons (Fsp3) is 0.615. The highest BCUT2D eigenvalue weighted by atomic mass is 32.2. The molecule has 16 heavy (non-hydrogen) atoms. The minimum absolute atomic E-state index is 0.356. The number of carbonyl (C=O) groups is 1. The van der Waals surface area contributed by atoms with Crippen molar-refractivity contribution in [3.63, 3.8) is 0 Å². The maximum atomic E-state index is 10.9. The SMILES string of the molecule is CSC1(Cn2cccc2C=O)CCCCC1. The average molecular weight is 237 g/mol. The molecule has 1 aliphatic carbocycles. The Balaban J connectivity index is 2.14. The van der Waals surface area contributed by atoms with E-state index in [-0.39, 0.29) is 0 Å². The van der Waals surface area contributed by atoms with Crippen LogP contribution in [0.5, 0.6) is 0 Å². The van der Waals surface area contributed by atoms with Crippen molar-refractivity contribution >= 4 is 18.0 Å². The molecular weight excluding hydrogens is 218 g/mol. The number of aldehydes is 1. The molecule has 2 nitrogen and oxygen atoms in total. The third-order valence-corrected chi connectivity index (χ3v) is 5.05. The number of rotatable bonds is 4. The fourth-order valence-electron chi connectivity index (χ4n) is 2.61. The molecule has 0 radical (unpaired) electrons. The predicted molar refractivity (Wildman–Crippen MR) is 69.2 cm³/mol. The molecule has 1 saturated carbocycles. The van der Waals surface area contributed by atoms with E-state index in [1.807, 2.05) is 30.1 Å². The van der Waals surface area contributed by atoms with E-state index in [0.717, 1.165) is 18.5 Å². The smallest absolute Gasteiger partial charge is 0.166 e. The molecule has 0 spiro atoms. The molecule has 2 rings (SSSR count). The molecule has 3 heteroatoms. The van der Waals surface area contributed by atoms with Gasteiger partial charge in [-0.2, -0.15) is 11.8 Å². The second-order valence-corrected chi connectivity index (χ2v) is 5.90. The molecule has 0 aromatic carbocycles. The second-order valence-electron chi connectivity index (χ2n) is 4.63. The molecular formula is C13H19NOS. The summed E-state index contributed by atoms with van der Waals surface area (Å²) in [6.45, 7) is 0.981. The van der Waals surface area contributed by atoms with Gasteiger partial charge in [0.25, 0.3) is 0 Å². The van der Waals surface area contributed by atoms with Gasteiger partial charge in [0, 0.05) is 17.5 Å². The summed E-state index contributed by atoms with van der Waals surface area (Å²) in [6, 6.07) is 3.85. The molecule has 0 saturated heterocycles. The van der Waals surface area contributed by atoms with Crippen molar-refractivity contribution in [2.75, 3.05) is 6.26 Å². The van der Waals surface area contributed by atoms with E-state index >= 15 is 0 Å². The van der Waals surface area contributed by atoms with Crippen LogP contribution in [-0.4, -0.2) is 21.9 Å². The average Bonchev–Trinajstić information content (AvgIpc) is 2.77. The van der Waals surface area contributed by atoms with E-state index in [0.29, 0.717) is 4.75 Å². The summed E-state index contributed by atoms with van der Waals surface area (Å²) in [7, 11) is 0. The fourth-order valence-corrected chi connectivity index (χ4v) is 3.58. The van der Waals surface area contributed by atoms with Crippen molar-refractivity contribution in [2.45, 2.75) is 43.4 Å². The largest absolute Gasteiger partial charge is 0.344 e. The van der Waals surface area contributed by atoms with Gasteiger partial charge in [0.2, 0.25) is 0 Å². The predicted octanol–water partition coefficient (Wildman–Crippen LogP) is 3.37. The monoisotopic (exact) mass is 237 g/mol. The van der Waals surface area contributed by atoms with Crippen LogP contribution in [0.1, 0.15) is 42.6 Å². The number of thioether (sulfide) groups is 1. The number of carbonyl (C=O) groups excluding carboxylic acids is 1. The van der Waals surface area contributed by atoms with Gasteiger partial charge in [-0.15, -0.1) is 0 Å². The molecule has 1 heterocycles. The van der Waals surface area contributed by atoms with Gasteiger partial charge in [-0.25, -0.2) is 0 Å². The molecule has 0 bridgehead atoms. The maximum absolute atomic E-state index is 10.9. The zero-order valence-electron chi connectivity index (χ0n) is 9.82. The minimum atomic E-state index is 0.356. The molecule has 1 aliphatic rings. The zero-order valence-corrected chi connectivity index (χ0v) is 10.6. The Hall–Kier alpha value is -0.700. The highest BCUT2D eigenvalue weighted by Crippen LogP contribution is 2.40. The summed E-state index contributed by atoms with van der Waals surface area (Å²) in [6.07, 6.45) is 11.8. The van der Waals surface area contributed by atoms with Gasteiger partial charge in [-0.1, -0.05) is 19.3 Å². The van der Waals surface area contributed by atoms with Gasteiger partial charge >= 0.3 is 0 Å². The van der Waals surface area contributed by atoms with Gasteiger partial charge in [-0.3, -0.25) is 4.79 Å². The molecule has 1 aromatic rings. The first-order valence-electron chi connectivity index (χ1n) is 5.95. The quantitative estimate of drug-likeness (QED) is 0.749. The van der Waals surface area contributed by atoms with Gasteiger partial charge in [0.05, 0.1) is 5.69 Å². The van der Waals surface area contributed by atoms with Crippen LogP contribution in [0.2, 0.25) is 0 Å². The van der Waals surface area contributed by atoms with Crippen LogP contribution in [0.15, 0.2) is 18.3 Å². The number of hydrogen-bond acceptors (Lipinski definition) is 2. The van der Waals surface area contributed by atoms with Crippen LogP contribution >= 0.6 is 11.8 Å². The van der Waals surface area contributed by atoms with E-state index < -0.39 is 0 Å². The Kier molecular flexibility index (Phi) is 3.74. The molecule has 0 amide bonds. The van der Waals surface area contributed by atoms with Gasteiger partial charge < -0.3 is 4.57 Å². The van der Waals surface area contributed by atoms with Crippen LogP contribution in [-0.2, 0) is 6.54 Å². The lowest BCUT2D eigenvalue weighted by Crippen LogP contribution is -2.33. The third-order valence-electron chi connectivity index (χ3n) is 3.64. The summed E-state index contributed by atoms with van der Waals surface area (Å²) >= 11 is 1.97. The van der Waals surface area contributed by atoms with Crippen molar-refractivity contribution in [1.82, 2.24) is 4.57 Å². The lowest BCUT2D eigenvalue weighted by atomic mass is 9.88. The summed E-state index contributed by atoms with van der Waals surface area (Å²) in [5.41, 5.74) is 0.805. The van der Waals surface area contributed by atoms with Gasteiger partial charge in [-0.05, 0) is 31.2 Å². The van der Waals surface area contributed by atoms with Crippen LogP contribution in [0.4, 0.5) is 0 Å². The molecule has 1 aromatic heterocycles. The van der Waals surface area contributed by atoms with Crippen molar-refractivity contribution in [3.05, 3.63) is 24.0 Å². The van der Waals surface area contributed by atoms with Crippen molar-refractivity contribution in [1.29, 1.82) is 0 Å². The molecule has 1 fully saturated rings. The highest BCUT2D eigenvalue weighted by molar-refractivity contribution is 8.00. The van der Waals surface area contributed by atoms with Crippen LogP contribution in [0, 0.1) is 0 Å².